The van der Waals surface area contributed by atoms with E-state index in [0.717, 1.165) is 11.1 Å². The Labute approximate surface area is 130 Å². The Bertz CT molecular complexity index is 625. The van der Waals surface area contributed by atoms with E-state index in [-0.39, 0.29) is 29.7 Å². The number of hydrogen-bond donors (Lipinski definition) is 3. The minimum Gasteiger partial charge on any atom is -0.507 e. The number of hydrogen-bond acceptors (Lipinski definition) is 3. The Hall–Kier alpha value is -2.33. The van der Waals surface area contributed by atoms with E-state index in [1.165, 1.54) is 6.07 Å². The van der Waals surface area contributed by atoms with Crippen molar-refractivity contribution in [3.05, 3.63) is 65.2 Å². The van der Waals surface area contributed by atoms with Crippen LogP contribution in [0.4, 0.5) is 0 Å². The Kier molecular flexibility index (Phi) is 5.55. The second-order valence-corrected chi connectivity index (χ2v) is 5.35. The first kappa shape index (κ1) is 16.0. The number of benzene rings is 2. The van der Waals surface area contributed by atoms with Gasteiger partial charge in [0.25, 0.3) is 5.91 Å². The van der Waals surface area contributed by atoms with E-state index < -0.39 is 0 Å². The number of aromatic hydroxyl groups is 1. The first-order valence-corrected chi connectivity index (χ1v) is 7.35. The third-order valence-corrected chi connectivity index (χ3v) is 3.65. The van der Waals surface area contributed by atoms with Crippen LogP contribution >= 0.6 is 0 Å². The molecule has 0 fully saturated rings. The van der Waals surface area contributed by atoms with Crippen molar-refractivity contribution in [3.63, 3.8) is 0 Å². The molecule has 2 rings (SSSR count). The van der Waals surface area contributed by atoms with E-state index in [0.29, 0.717) is 13.0 Å². The van der Waals surface area contributed by atoms with Crippen LogP contribution in [0.25, 0.3) is 0 Å². The molecule has 22 heavy (non-hydrogen) atoms. The van der Waals surface area contributed by atoms with Gasteiger partial charge in [0.1, 0.15) is 5.75 Å². The number of nitrogens with one attached hydrogen (secondary N) is 1. The fraction of sp³-hybridized carbons (Fsp3) is 0.278. The molecule has 3 N–H and O–H groups in total. The molecule has 0 aliphatic carbocycles. The van der Waals surface area contributed by atoms with Gasteiger partial charge in [-0.3, -0.25) is 4.79 Å². The second-order valence-electron chi connectivity index (χ2n) is 5.35. The zero-order valence-corrected chi connectivity index (χ0v) is 12.6. The molecule has 0 radical (unpaired) electrons. The maximum absolute atomic E-state index is 12.2. The summed E-state index contributed by atoms with van der Waals surface area (Å²) in [5, 5.41) is 21.8. The molecule has 1 amide bonds. The quantitative estimate of drug-likeness (QED) is 0.768. The summed E-state index contributed by atoms with van der Waals surface area (Å²) in [6, 6.07) is 14.7. The third-order valence-electron chi connectivity index (χ3n) is 3.65. The molecule has 0 aliphatic heterocycles. The van der Waals surface area contributed by atoms with Crippen molar-refractivity contribution >= 4 is 5.91 Å². The zero-order chi connectivity index (χ0) is 15.9. The van der Waals surface area contributed by atoms with Crippen molar-refractivity contribution in [2.24, 2.45) is 0 Å². The number of aryl methyl sites for hydroxylation is 1. The molecule has 0 aromatic heterocycles. The molecule has 2 aromatic carbocycles. The predicted octanol–water partition coefficient (Wildman–Crippen LogP) is 2.60. The van der Waals surface area contributed by atoms with Gasteiger partial charge in [-0.25, -0.2) is 0 Å². The fourth-order valence-corrected chi connectivity index (χ4v) is 2.41. The lowest BCUT2D eigenvalue weighted by atomic mass is 9.96. The van der Waals surface area contributed by atoms with Crippen LogP contribution in [-0.4, -0.2) is 29.3 Å². The summed E-state index contributed by atoms with van der Waals surface area (Å²) in [6.45, 7) is 2.34. The minimum atomic E-state index is -0.305. The van der Waals surface area contributed by atoms with Gasteiger partial charge in [-0.05, 0) is 31.0 Å². The van der Waals surface area contributed by atoms with Crippen LogP contribution in [-0.2, 0) is 0 Å². The van der Waals surface area contributed by atoms with Gasteiger partial charge in [-0.15, -0.1) is 0 Å². The van der Waals surface area contributed by atoms with Crippen LogP contribution in [0.2, 0.25) is 0 Å². The van der Waals surface area contributed by atoms with Gasteiger partial charge in [-0.2, -0.15) is 0 Å². The summed E-state index contributed by atoms with van der Waals surface area (Å²) in [6.07, 6.45) is 0.574. The first-order valence-electron chi connectivity index (χ1n) is 7.35. The maximum atomic E-state index is 12.2. The highest BCUT2D eigenvalue weighted by atomic mass is 16.3. The summed E-state index contributed by atoms with van der Waals surface area (Å²) < 4.78 is 0. The van der Waals surface area contributed by atoms with Gasteiger partial charge < -0.3 is 15.5 Å². The SMILES string of the molecule is Cc1ccc(O)c(C(=O)NCC(CCO)c2ccccc2)c1. The molecular formula is C18H21NO3. The van der Waals surface area contributed by atoms with Gasteiger partial charge in [0.2, 0.25) is 0 Å². The van der Waals surface area contributed by atoms with Crippen LogP contribution in [0.5, 0.6) is 5.75 Å². The Morgan fingerprint density at radius 1 is 1.18 bits per heavy atom. The van der Waals surface area contributed by atoms with Gasteiger partial charge in [0.15, 0.2) is 0 Å². The third kappa shape index (κ3) is 4.09. The van der Waals surface area contributed by atoms with E-state index in [2.05, 4.69) is 5.32 Å². The molecule has 0 bridgehead atoms. The molecule has 4 nitrogen and oxygen atoms in total. The van der Waals surface area contributed by atoms with Crippen LogP contribution in [0.1, 0.15) is 33.8 Å². The summed E-state index contributed by atoms with van der Waals surface area (Å²) in [5.41, 5.74) is 2.26. The number of phenols is 1. The highest BCUT2D eigenvalue weighted by Gasteiger charge is 2.15. The molecule has 1 unspecified atom stereocenters. The van der Waals surface area contributed by atoms with Crippen LogP contribution in [0.15, 0.2) is 48.5 Å². The number of aliphatic hydroxyl groups excluding tert-OH is 1. The molecule has 0 spiro atoms. The molecule has 2 aromatic rings. The van der Waals surface area contributed by atoms with Gasteiger partial charge >= 0.3 is 0 Å². The molecule has 0 heterocycles. The lowest BCUT2D eigenvalue weighted by Crippen LogP contribution is -2.29. The number of aliphatic hydroxyl groups is 1. The van der Waals surface area contributed by atoms with Crippen molar-refractivity contribution < 1.29 is 15.0 Å². The molecule has 4 heteroatoms. The van der Waals surface area contributed by atoms with Gasteiger partial charge in [-0.1, -0.05) is 42.0 Å². The average molecular weight is 299 g/mol. The highest BCUT2D eigenvalue weighted by molar-refractivity contribution is 5.97. The van der Waals surface area contributed by atoms with Crippen LogP contribution in [0, 0.1) is 6.92 Å². The van der Waals surface area contributed by atoms with Crippen molar-refractivity contribution in [2.45, 2.75) is 19.3 Å². The summed E-state index contributed by atoms with van der Waals surface area (Å²) in [5.74, 6) is -0.288. The van der Waals surface area contributed by atoms with Gasteiger partial charge in [0.05, 0.1) is 5.56 Å². The van der Waals surface area contributed by atoms with E-state index in [4.69, 9.17) is 0 Å². The Balaban J connectivity index is 2.06. The first-order chi connectivity index (χ1) is 10.6. The minimum absolute atomic E-state index is 0.0264. The van der Waals surface area contributed by atoms with E-state index in [1.54, 1.807) is 12.1 Å². The van der Waals surface area contributed by atoms with E-state index in [1.807, 2.05) is 37.3 Å². The zero-order valence-electron chi connectivity index (χ0n) is 12.6. The number of carbonyl (C=O) groups excluding carboxylic acids is 1. The Morgan fingerprint density at radius 2 is 1.91 bits per heavy atom. The molecular weight excluding hydrogens is 278 g/mol. The molecule has 1 atom stereocenters. The summed E-state index contributed by atoms with van der Waals surface area (Å²) in [7, 11) is 0. The standard InChI is InChI=1S/C18H21NO3/c1-13-7-8-17(21)16(11-13)18(22)19-12-15(9-10-20)14-5-3-2-4-6-14/h2-8,11,15,20-21H,9-10,12H2,1H3,(H,19,22). The smallest absolute Gasteiger partial charge is 0.255 e. The summed E-state index contributed by atoms with van der Waals surface area (Å²) in [4.78, 5) is 12.2. The monoisotopic (exact) mass is 299 g/mol. The average Bonchev–Trinajstić information content (AvgIpc) is 2.54. The normalized spacial score (nSPS) is 11.9. The molecule has 0 saturated carbocycles. The van der Waals surface area contributed by atoms with Crippen molar-refractivity contribution in [2.75, 3.05) is 13.2 Å². The molecule has 0 aliphatic rings. The maximum Gasteiger partial charge on any atom is 0.255 e. The number of phenolic OH excluding ortho intramolecular Hbond substituents is 1. The lowest BCUT2D eigenvalue weighted by molar-refractivity contribution is 0.0946. The van der Waals surface area contributed by atoms with E-state index >= 15 is 0 Å². The second kappa shape index (κ2) is 7.61. The van der Waals surface area contributed by atoms with Crippen LogP contribution in [0.3, 0.4) is 0 Å². The lowest BCUT2D eigenvalue weighted by Gasteiger charge is -2.17. The number of amides is 1. The van der Waals surface area contributed by atoms with Crippen molar-refractivity contribution in [3.8, 4) is 5.75 Å². The Morgan fingerprint density at radius 3 is 2.59 bits per heavy atom. The molecule has 0 saturated heterocycles. The largest absolute Gasteiger partial charge is 0.507 e. The topological polar surface area (TPSA) is 69.6 Å². The fourth-order valence-electron chi connectivity index (χ4n) is 2.41. The van der Waals surface area contributed by atoms with Crippen LogP contribution < -0.4 is 5.32 Å². The highest BCUT2D eigenvalue weighted by Crippen LogP contribution is 2.20. The predicted molar refractivity (Wildman–Crippen MR) is 86.1 cm³/mol. The molecule has 116 valence electrons. The summed E-state index contributed by atoms with van der Waals surface area (Å²) >= 11 is 0. The number of carbonyl (C=O) groups is 1. The number of rotatable bonds is 6. The van der Waals surface area contributed by atoms with Crippen molar-refractivity contribution in [1.29, 1.82) is 0 Å². The van der Waals surface area contributed by atoms with E-state index in [9.17, 15) is 15.0 Å². The van der Waals surface area contributed by atoms with Crippen molar-refractivity contribution in [1.82, 2.24) is 5.32 Å². The van der Waals surface area contributed by atoms with Gasteiger partial charge in [0, 0.05) is 19.1 Å².